The quantitative estimate of drug-likeness (QED) is 0.564. The minimum absolute atomic E-state index is 0.310. The average Bonchev–Trinajstić information content (AvgIpc) is 2.92. The Kier molecular flexibility index (Phi) is 3.93. The molecule has 1 aromatic rings. The van der Waals surface area contributed by atoms with Crippen LogP contribution < -0.4 is 0 Å². The van der Waals surface area contributed by atoms with Gasteiger partial charge in [0.05, 0.1) is 32.3 Å². The van der Waals surface area contributed by atoms with Crippen molar-refractivity contribution in [3.05, 3.63) is 31.7 Å². The van der Waals surface area contributed by atoms with Gasteiger partial charge in [0, 0.05) is 0 Å². The van der Waals surface area contributed by atoms with E-state index < -0.39 is 0 Å². The van der Waals surface area contributed by atoms with Gasteiger partial charge in [-0.3, -0.25) is 0 Å². The molecule has 0 aliphatic carbocycles. The number of ether oxygens (including phenoxy) is 1. The minimum Gasteiger partial charge on any atom is -0.370 e. The number of hydrogen-bond acceptors (Lipinski definition) is 1. The summed E-state index contributed by atoms with van der Waals surface area (Å²) in [6.07, 6.45) is 2.27. The Bertz CT molecular complexity index is 393. The third-order valence-corrected chi connectivity index (χ3v) is 4.37. The van der Waals surface area contributed by atoms with Crippen LogP contribution in [0, 0.1) is 0 Å². The Morgan fingerprint density at radius 1 is 1.12 bits per heavy atom. The fourth-order valence-electron chi connectivity index (χ4n) is 1.66. The van der Waals surface area contributed by atoms with E-state index in [-0.39, 0.29) is 0 Å². The third kappa shape index (κ3) is 2.60. The molecule has 5 heteroatoms. The molecule has 1 saturated heterocycles. The molecule has 2 rings (SSSR count). The van der Waals surface area contributed by atoms with E-state index in [1.807, 2.05) is 6.92 Å². The van der Waals surface area contributed by atoms with Gasteiger partial charge in [0.15, 0.2) is 0 Å². The van der Waals surface area contributed by atoms with Crippen molar-refractivity contribution in [2.75, 3.05) is 0 Å². The fraction of sp³-hybridized carbons (Fsp3) is 0.455. The summed E-state index contributed by atoms with van der Waals surface area (Å²) in [6.45, 7) is 2.04. The summed E-state index contributed by atoms with van der Waals surface area (Å²) < 4.78 is 5.33. The molecule has 0 radical (unpaired) electrons. The molecule has 1 aromatic carbocycles. The van der Waals surface area contributed by atoms with Crippen LogP contribution in [0.15, 0.2) is 6.07 Å². The highest BCUT2D eigenvalue weighted by Gasteiger charge is 2.33. The smallest absolute Gasteiger partial charge is 0.0842 e. The van der Waals surface area contributed by atoms with Gasteiger partial charge in [-0.25, -0.2) is 0 Å². The normalized spacial score (nSPS) is 23.6. The zero-order valence-electron chi connectivity index (χ0n) is 8.57. The highest BCUT2D eigenvalue weighted by Crippen LogP contribution is 2.38. The van der Waals surface area contributed by atoms with Gasteiger partial charge in [0.25, 0.3) is 0 Å². The summed E-state index contributed by atoms with van der Waals surface area (Å²) in [5, 5.41) is 1.86. The average molecular weight is 300 g/mol. The van der Waals surface area contributed by atoms with Crippen molar-refractivity contribution in [3.63, 3.8) is 0 Å². The second-order valence-electron chi connectivity index (χ2n) is 3.87. The van der Waals surface area contributed by atoms with Gasteiger partial charge < -0.3 is 4.74 Å². The molecule has 0 N–H and O–H groups in total. The summed E-state index contributed by atoms with van der Waals surface area (Å²) in [4.78, 5) is 0. The number of benzene rings is 1. The molecule has 2 unspecified atom stereocenters. The maximum Gasteiger partial charge on any atom is 0.0842 e. The molecule has 0 spiro atoms. The zero-order valence-corrected chi connectivity index (χ0v) is 11.6. The summed E-state index contributed by atoms with van der Waals surface area (Å²) in [6, 6.07) is 1.56. The number of hydrogen-bond donors (Lipinski definition) is 0. The first-order chi connectivity index (χ1) is 7.50. The Morgan fingerprint density at radius 3 is 2.06 bits per heavy atom. The largest absolute Gasteiger partial charge is 0.370 e. The molecule has 16 heavy (non-hydrogen) atoms. The second kappa shape index (κ2) is 4.91. The van der Waals surface area contributed by atoms with Crippen LogP contribution in [0.25, 0.3) is 0 Å². The predicted molar refractivity (Wildman–Crippen MR) is 69.1 cm³/mol. The molecular weight excluding hydrogens is 290 g/mol. The van der Waals surface area contributed by atoms with Gasteiger partial charge in [0.2, 0.25) is 0 Å². The van der Waals surface area contributed by atoms with E-state index in [1.165, 1.54) is 0 Å². The zero-order chi connectivity index (χ0) is 11.9. The molecule has 1 aliphatic heterocycles. The summed E-state index contributed by atoms with van der Waals surface area (Å²) in [5.74, 6) is 0. The van der Waals surface area contributed by atoms with E-state index >= 15 is 0 Å². The van der Waals surface area contributed by atoms with Crippen molar-refractivity contribution in [1.29, 1.82) is 0 Å². The molecule has 1 heterocycles. The molecule has 1 nitrogen and oxygen atoms in total. The van der Waals surface area contributed by atoms with Gasteiger partial charge in [-0.05, 0) is 31.4 Å². The van der Waals surface area contributed by atoms with Crippen molar-refractivity contribution in [3.8, 4) is 0 Å². The lowest BCUT2D eigenvalue weighted by atomic mass is 10.1. The molecule has 88 valence electrons. The van der Waals surface area contributed by atoms with Crippen LogP contribution in [-0.4, -0.2) is 12.2 Å². The molecule has 2 atom stereocenters. The maximum atomic E-state index is 6.09. The first-order valence-corrected chi connectivity index (χ1v) is 6.49. The molecule has 0 bridgehead atoms. The topological polar surface area (TPSA) is 12.5 Å². The van der Waals surface area contributed by atoms with Gasteiger partial charge in [-0.1, -0.05) is 46.4 Å². The molecule has 1 fully saturated rings. The number of rotatable bonds is 3. The number of epoxide rings is 1. The van der Waals surface area contributed by atoms with Crippen LogP contribution in [-0.2, 0) is 11.2 Å². The first kappa shape index (κ1) is 12.8. The lowest BCUT2D eigenvalue weighted by Gasteiger charge is -2.09. The Labute approximate surface area is 115 Å². The van der Waals surface area contributed by atoms with E-state index in [9.17, 15) is 0 Å². The van der Waals surface area contributed by atoms with E-state index in [2.05, 4.69) is 0 Å². The van der Waals surface area contributed by atoms with Gasteiger partial charge >= 0.3 is 0 Å². The van der Waals surface area contributed by atoms with Crippen LogP contribution in [0.4, 0.5) is 0 Å². The molecule has 0 saturated carbocycles. The molecule has 0 amide bonds. The van der Waals surface area contributed by atoms with Crippen LogP contribution in [0.2, 0.25) is 20.1 Å². The maximum absolute atomic E-state index is 6.09. The number of halogens is 4. The van der Waals surface area contributed by atoms with Crippen LogP contribution >= 0.6 is 46.4 Å². The summed E-state index contributed by atoms with van der Waals surface area (Å²) >= 11 is 24.1. The van der Waals surface area contributed by atoms with E-state index in [1.54, 1.807) is 6.07 Å². The summed E-state index contributed by atoms with van der Waals surface area (Å²) in [5.41, 5.74) is 0.809. The highest BCUT2D eigenvalue weighted by atomic mass is 35.5. The van der Waals surface area contributed by atoms with Crippen molar-refractivity contribution in [2.45, 2.75) is 32.0 Å². The van der Waals surface area contributed by atoms with Crippen LogP contribution in [0.3, 0.4) is 0 Å². The van der Waals surface area contributed by atoms with Gasteiger partial charge in [0.1, 0.15) is 0 Å². The van der Waals surface area contributed by atoms with Crippen LogP contribution in [0.5, 0.6) is 0 Å². The lowest BCUT2D eigenvalue weighted by molar-refractivity contribution is 0.370. The molecule has 1 aliphatic rings. The molecule has 0 aromatic heterocycles. The van der Waals surface area contributed by atoms with E-state index in [4.69, 9.17) is 51.1 Å². The van der Waals surface area contributed by atoms with Gasteiger partial charge in [-0.2, -0.15) is 0 Å². The monoisotopic (exact) mass is 298 g/mol. The van der Waals surface area contributed by atoms with Crippen molar-refractivity contribution >= 4 is 46.4 Å². The minimum atomic E-state index is 0.310. The van der Waals surface area contributed by atoms with Crippen molar-refractivity contribution in [2.24, 2.45) is 0 Å². The Balaban J connectivity index is 2.18. The Hall–Kier alpha value is 0.340. The SMILES string of the molecule is CC1OC1CCc1c(Cl)c(Cl)cc(Cl)c1Cl. The standard InChI is InChI=1S/C11H10Cl4O/c1-5-9(16-5)3-2-6-10(14)7(12)4-8(13)11(6)15/h4-5,9H,2-3H2,1H3. The van der Waals surface area contributed by atoms with Crippen LogP contribution in [0.1, 0.15) is 18.9 Å². The van der Waals surface area contributed by atoms with Gasteiger partial charge in [-0.15, -0.1) is 0 Å². The molecular formula is C11H10Cl4O. The second-order valence-corrected chi connectivity index (χ2v) is 5.44. The summed E-state index contributed by atoms with van der Waals surface area (Å²) in [7, 11) is 0. The van der Waals surface area contributed by atoms with E-state index in [0.29, 0.717) is 32.3 Å². The first-order valence-electron chi connectivity index (χ1n) is 4.98. The highest BCUT2D eigenvalue weighted by molar-refractivity contribution is 6.48. The fourth-order valence-corrected chi connectivity index (χ4v) is 2.70. The third-order valence-electron chi connectivity index (χ3n) is 2.72. The van der Waals surface area contributed by atoms with Crippen molar-refractivity contribution < 1.29 is 4.74 Å². The Morgan fingerprint density at radius 2 is 1.62 bits per heavy atom. The lowest BCUT2D eigenvalue weighted by Crippen LogP contribution is -1.96. The van der Waals surface area contributed by atoms with E-state index in [0.717, 1.165) is 18.4 Å². The van der Waals surface area contributed by atoms with Crippen molar-refractivity contribution in [1.82, 2.24) is 0 Å². The predicted octanol–water partition coefficient (Wildman–Crippen LogP) is 5.02.